The molecule has 1 aliphatic carbocycles. The van der Waals surface area contributed by atoms with Crippen molar-refractivity contribution in [3.05, 3.63) is 81.5 Å². The van der Waals surface area contributed by atoms with Crippen LogP contribution in [-0.4, -0.2) is 28.0 Å². The molecule has 0 bridgehead atoms. The van der Waals surface area contributed by atoms with Gasteiger partial charge < -0.3 is 14.3 Å². The lowest BCUT2D eigenvalue weighted by atomic mass is 9.91. The topological polar surface area (TPSA) is 122 Å². The van der Waals surface area contributed by atoms with Gasteiger partial charge >= 0.3 is 5.97 Å². The van der Waals surface area contributed by atoms with Crippen molar-refractivity contribution in [1.82, 2.24) is 9.78 Å². The maximum Gasteiger partial charge on any atom is 0.373 e. The number of rotatable bonds is 5. The summed E-state index contributed by atoms with van der Waals surface area (Å²) in [7, 11) is 1.26. The third kappa shape index (κ3) is 4.16. The summed E-state index contributed by atoms with van der Waals surface area (Å²) in [6, 6.07) is 13.9. The molecule has 0 unspecified atom stereocenters. The summed E-state index contributed by atoms with van der Waals surface area (Å²) in [5.74, 6) is -0.526. The molecule has 2 heterocycles. The van der Waals surface area contributed by atoms with Crippen LogP contribution in [-0.2, 0) is 17.6 Å². The molecule has 4 aromatic rings. The molecule has 1 aliphatic rings. The van der Waals surface area contributed by atoms with Crippen LogP contribution in [0.4, 0.5) is 11.4 Å². The number of nitrogens with zero attached hydrogens (tertiary/aromatic N) is 3. The van der Waals surface area contributed by atoms with Crippen LogP contribution in [0.1, 0.15) is 40.2 Å². The summed E-state index contributed by atoms with van der Waals surface area (Å²) in [5, 5.41) is 22.1. The quantitative estimate of drug-likeness (QED) is 0.292. The highest BCUT2D eigenvalue weighted by Crippen LogP contribution is 2.38. The number of phenols is 1. The first-order valence-corrected chi connectivity index (χ1v) is 11.3. The summed E-state index contributed by atoms with van der Waals surface area (Å²) in [5.41, 5.74) is 4.22. The number of methoxy groups -OCH3 is 1. The molecule has 178 valence electrons. The predicted molar refractivity (Wildman–Crippen MR) is 129 cm³/mol. The van der Waals surface area contributed by atoms with Gasteiger partial charge in [0, 0.05) is 0 Å². The number of carbonyl (C=O) groups excluding carboxylic acids is 1. The predicted octanol–water partition coefficient (Wildman–Crippen LogP) is 5.52. The average Bonchev–Trinajstić information content (AvgIpc) is 3.47. The lowest BCUT2D eigenvalue weighted by Gasteiger charge is -2.16. The molecule has 0 atom stereocenters. The summed E-state index contributed by atoms with van der Waals surface area (Å²) >= 11 is 0. The van der Waals surface area contributed by atoms with Crippen molar-refractivity contribution < 1.29 is 19.1 Å². The third-order valence-electron chi connectivity index (χ3n) is 6.16. The maximum atomic E-state index is 13.1. The Bertz CT molecular complexity index is 1510. The van der Waals surface area contributed by atoms with Gasteiger partial charge in [-0.05, 0) is 80.1 Å². The molecular weight excluding hydrogens is 448 g/mol. The standard InChI is InChI=1S/C26H24N4O5/c1-15-23(25(32)30(29-15)18-11-10-16-6-3-4-7-17(16)14-18)28-27-20-9-5-8-19(24(20)31)21-12-13-22(35-21)26(33)34-2/h5,8-14,29,31H,3-4,6-7H2,1-2H3. The molecule has 0 amide bonds. The fourth-order valence-corrected chi connectivity index (χ4v) is 4.30. The second kappa shape index (κ2) is 9.09. The Morgan fingerprint density at radius 2 is 1.89 bits per heavy atom. The van der Waals surface area contributed by atoms with E-state index < -0.39 is 5.97 Å². The highest BCUT2D eigenvalue weighted by atomic mass is 16.5. The highest BCUT2D eigenvalue weighted by molar-refractivity contribution is 5.87. The van der Waals surface area contributed by atoms with Gasteiger partial charge in [-0.3, -0.25) is 9.89 Å². The first kappa shape index (κ1) is 22.4. The zero-order chi connectivity index (χ0) is 24.5. The largest absolute Gasteiger partial charge is 0.505 e. The van der Waals surface area contributed by atoms with Crippen LogP contribution >= 0.6 is 0 Å². The van der Waals surface area contributed by atoms with Gasteiger partial charge in [0.05, 0.1) is 24.1 Å². The lowest BCUT2D eigenvalue weighted by molar-refractivity contribution is 0.0566. The summed E-state index contributed by atoms with van der Waals surface area (Å²) in [4.78, 5) is 24.8. The van der Waals surface area contributed by atoms with Gasteiger partial charge in [-0.1, -0.05) is 12.1 Å². The number of aromatic amines is 1. The number of fused-ring (bicyclic) bond motifs is 1. The third-order valence-corrected chi connectivity index (χ3v) is 6.16. The monoisotopic (exact) mass is 472 g/mol. The molecule has 0 saturated carbocycles. The van der Waals surface area contributed by atoms with Crippen LogP contribution < -0.4 is 5.56 Å². The van der Waals surface area contributed by atoms with E-state index in [1.807, 2.05) is 12.1 Å². The van der Waals surface area contributed by atoms with Gasteiger partial charge in [-0.2, -0.15) is 0 Å². The van der Waals surface area contributed by atoms with E-state index in [9.17, 15) is 14.7 Å². The fourth-order valence-electron chi connectivity index (χ4n) is 4.30. The number of para-hydroxylation sites is 1. The van der Waals surface area contributed by atoms with E-state index in [1.165, 1.54) is 35.4 Å². The van der Waals surface area contributed by atoms with Crippen LogP contribution in [0.3, 0.4) is 0 Å². The number of hydrogen-bond donors (Lipinski definition) is 2. The Morgan fingerprint density at radius 3 is 2.69 bits per heavy atom. The number of aromatic nitrogens is 2. The van der Waals surface area contributed by atoms with Crippen LogP contribution in [0.5, 0.6) is 5.75 Å². The smallest absolute Gasteiger partial charge is 0.373 e. The number of benzene rings is 2. The van der Waals surface area contributed by atoms with Gasteiger partial charge in [-0.25, -0.2) is 9.48 Å². The number of phenolic OH excluding ortho intramolecular Hbond substituents is 1. The van der Waals surface area contributed by atoms with E-state index in [4.69, 9.17) is 4.42 Å². The van der Waals surface area contributed by atoms with Crippen molar-refractivity contribution >= 4 is 17.3 Å². The number of aryl methyl sites for hydroxylation is 3. The van der Waals surface area contributed by atoms with Crippen LogP contribution in [0, 0.1) is 6.92 Å². The molecule has 9 heteroatoms. The molecule has 2 aromatic carbocycles. The molecule has 0 spiro atoms. The lowest BCUT2D eigenvalue weighted by Crippen LogP contribution is -2.15. The molecule has 35 heavy (non-hydrogen) atoms. The molecular formula is C26H24N4O5. The average molecular weight is 473 g/mol. The van der Waals surface area contributed by atoms with Crippen molar-refractivity contribution in [2.75, 3.05) is 7.11 Å². The first-order chi connectivity index (χ1) is 17.0. The summed E-state index contributed by atoms with van der Waals surface area (Å²) < 4.78 is 11.6. The minimum Gasteiger partial charge on any atom is -0.505 e. The molecule has 0 aliphatic heterocycles. The van der Waals surface area contributed by atoms with Gasteiger partial charge in [0.2, 0.25) is 5.76 Å². The van der Waals surface area contributed by atoms with E-state index in [-0.39, 0.29) is 34.2 Å². The Hall–Kier alpha value is -4.40. The molecule has 5 rings (SSSR count). The summed E-state index contributed by atoms with van der Waals surface area (Å²) in [6.45, 7) is 1.75. The van der Waals surface area contributed by atoms with Crippen molar-refractivity contribution in [3.8, 4) is 22.8 Å². The Balaban J connectivity index is 1.46. The van der Waals surface area contributed by atoms with Crippen molar-refractivity contribution in [3.63, 3.8) is 0 Å². The van der Waals surface area contributed by atoms with E-state index in [0.717, 1.165) is 24.9 Å². The van der Waals surface area contributed by atoms with Crippen LogP contribution in [0.15, 0.2) is 68.0 Å². The molecule has 0 saturated heterocycles. The number of hydrogen-bond acceptors (Lipinski definition) is 7. The van der Waals surface area contributed by atoms with Crippen molar-refractivity contribution in [2.45, 2.75) is 32.6 Å². The van der Waals surface area contributed by atoms with E-state index >= 15 is 0 Å². The van der Waals surface area contributed by atoms with Gasteiger partial charge in [0.15, 0.2) is 11.4 Å². The van der Waals surface area contributed by atoms with Crippen LogP contribution in [0.2, 0.25) is 0 Å². The fraction of sp³-hybridized carbons (Fsp3) is 0.231. The zero-order valence-corrected chi connectivity index (χ0v) is 19.4. The first-order valence-electron chi connectivity index (χ1n) is 11.3. The number of H-pyrrole nitrogens is 1. The van der Waals surface area contributed by atoms with Crippen LogP contribution in [0.25, 0.3) is 17.0 Å². The zero-order valence-electron chi connectivity index (χ0n) is 19.4. The second-order valence-corrected chi connectivity index (χ2v) is 8.41. The van der Waals surface area contributed by atoms with Crippen molar-refractivity contribution in [2.24, 2.45) is 10.2 Å². The Kier molecular flexibility index (Phi) is 5.82. The van der Waals surface area contributed by atoms with Gasteiger partial charge in [-0.15, -0.1) is 10.2 Å². The SMILES string of the molecule is COC(=O)c1ccc(-c2cccc(N=Nc3c(C)[nH]n(-c4ccc5c(c4)CCCC5)c3=O)c2O)o1. The molecule has 0 radical (unpaired) electrons. The van der Waals surface area contributed by atoms with E-state index in [0.29, 0.717) is 11.3 Å². The molecule has 9 nitrogen and oxygen atoms in total. The normalized spacial score (nSPS) is 13.2. The van der Waals surface area contributed by atoms with Crippen molar-refractivity contribution in [1.29, 1.82) is 0 Å². The minimum atomic E-state index is -0.621. The van der Waals surface area contributed by atoms with E-state index in [2.05, 4.69) is 26.1 Å². The number of aromatic hydroxyl groups is 1. The number of furan rings is 1. The number of ether oxygens (including phenoxy) is 1. The minimum absolute atomic E-state index is 0.0135. The Labute approximate surface area is 200 Å². The Morgan fingerprint density at radius 1 is 1.09 bits per heavy atom. The number of carbonyl (C=O) groups is 1. The number of nitrogens with one attached hydrogen (secondary N) is 1. The van der Waals surface area contributed by atoms with E-state index in [1.54, 1.807) is 31.2 Å². The maximum absolute atomic E-state index is 13.1. The highest BCUT2D eigenvalue weighted by Gasteiger charge is 2.18. The summed E-state index contributed by atoms with van der Waals surface area (Å²) in [6.07, 6.45) is 4.42. The van der Waals surface area contributed by atoms with Gasteiger partial charge in [0.25, 0.3) is 5.56 Å². The molecule has 0 fully saturated rings. The van der Waals surface area contributed by atoms with Gasteiger partial charge in [0.1, 0.15) is 11.4 Å². The number of esters is 1. The number of azo groups is 1. The molecule has 2 N–H and O–H groups in total. The molecule has 2 aromatic heterocycles. The second-order valence-electron chi connectivity index (χ2n) is 8.41.